The predicted molar refractivity (Wildman–Crippen MR) is 87.4 cm³/mol. The van der Waals surface area contributed by atoms with Gasteiger partial charge >= 0.3 is 0 Å². The van der Waals surface area contributed by atoms with Crippen molar-refractivity contribution in [1.29, 1.82) is 0 Å². The zero-order valence-electron chi connectivity index (χ0n) is 12.5. The Hall–Kier alpha value is -1.56. The van der Waals surface area contributed by atoms with Gasteiger partial charge in [-0.1, -0.05) is 18.2 Å². The van der Waals surface area contributed by atoms with Gasteiger partial charge in [-0.2, -0.15) is 0 Å². The van der Waals surface area contributed by atoms with E-state index in [4.69, 9.17) is 14.9 Å². The lowest BCUT2D eigenvalue weighted by molar-refractivity contribution is 0.0139. The van der Waals surface area contributed by atoms with E-state index in [9.17, 15) is 4.79 Å². The first-order valence-electron chi connectivity index (χ1n) is 7.24. The number of para-hydroxylation sites is 1. The summed E-state index contributed by atoms with van der Waals surface area (Å²) < 4.78 is 10.9. The summed E-state index contributed by atoms with van der Waals surface area (Å²) in [7, 11) is 1.71. The Balaban J connectivity index is 0.00000176. The minimum atomic E-state index is -0.00930. The summed E-state index contributed by atoms with van der Waals surface area (Å²) in [6.07, 6.45) is 3.36. The normalized spacial score (nSPS) is 21.6. The Morgan fingerprint density at radius 3 is 2.95 bits per heavy atom. The maximum atomic E-state index is 12.8. The minimum Gasteiger partial charge on any atom is -0.463 e. The Morgan fingerprint density at radius 2 is 2.23 bits per heavy atom. The molecule has 1 saturated heterocycles. The molecule has 3 rings (SSSR count). The Morgan fingerprint density at radius 1 is 1.45 bits per heavy atom. The van der Waals surface area contributed by atoms with Crippen LogP contribution >= 0.6 is 12.4 Å². The third-order valence-electron chi connectivity index (χ3n) is 4.25. The fourth-order valence-corrected chi connectivity index (χ4v) is 3.02. The highest BCUT2D eigenvalue weighted by atomic mass is 35.5. The highest BCUT2D eigenvalue weighted by molar-refractivity contribution is 6.06. The van der Waals surface area contributed by atoms with E-state index < -0.39 is 0 Å². The van der Waals surface area contributed by atoms with Gasteiger partial charge in [0.1, 0.15) is 11.8 Å². The van der Waals surface area contributed by atoms with Crippen molar-refractivity contribution < 1.29 is 13.9 Å². The van der Waals surface area contributed by atoms with E-state index in [0.29, 0.717) is 18.7 Å². The second kappa shape index (κ2) is 7.13. The predicted octanol–water partition coefficient (Wildman–Crippen LogP) is 2.43. The van der Waals surface area contributed by atoms with E-state index in [2.05, 4.69) is 0 Å². The van der Waals surface area contributed by atoms with Crippen LogP contribution in [0, 0.1) is 0 Å². The van der Waals surface area contributed by atoms with Crippen LogP contribution in [0.2, 0.25) is 0 Å². The largest absolute Gasteiger partial charge is 0.463 e. The van der Waals surface area contributed by atoms with Gasteiger partial charge in [0.15, 0.2) is 0 Å². The molecule has 2 heterocycles. The number of ether oxygens (including phenoxy) is 1. The van der Waals surface area contributed by atoms with Crippen molar-refractivity contribution >= 4 is 29.3 Å². The zero-order valence-corrected chi connectivity index (χ0v) is 13.3. The molecule has 2 atom stereocenters. The number of amides is 1. The maximum Gasteiger partial charge on any atom is 0.258 e. The molecule has 120 valence electrons. The number of methoxy groups -OCH3 is 1. The third-order valence-corrected chi connectivity index (χ3v) is 4.25. The molecule has 0 bridgehead atoms. The zero-order chi connectivity index (χ0) is 14.8. The number of carbonyl (C=O) groups excluding carboxylic acids is 1. The number of hydrogen-bond donors (Lipinski definition) is 1. The maximum absolute atomic E-state index is 12.8. The van der Waals surface area contributed by atoms with Crippen LogP contribution in [0.25, 0.3) is 11.0 Å². The topological polar surface area (TPSA) is 68.7 Å². The summed E-state index contributed by atoms with van der Waals surface area (Å²) in [5, 5.41) is 0.854. The number of likely N-dealkylation sites (tertiary alicyclic amines) is 1. The van der Waals surface area contributed by atoms with Crippen molar-refractivity contribution in [2.24, 2.45) is 5.73 Å². The van der Waals surface area contributed by atoms with Gasteiger partial charge in [0.2, 0.25) is 0 Å². The minimum absolute atomic E-state index is 0. The molecule has 0 spiro atoms. The molecule has 1 amide bonds. The first-order chi connectivity index (χ1) is 10.2. The van der Waals surface area contributed by atoms with E-state index in [1.54, 1.807) is 13.4 Å². The van der Waals surface area contributed by atoms with E-state index in [-0.39, 0.29) is 30.5 Å². The SMILES string of the molecule is COC1CCN(C(=O)c2coc3ccccc23)C(CN)C1.Cl. The number of carbonyl (C=O) groups is 1. The van der Waals surface area contributed by atoms with Gasteiger partial charge in [-0.25, -0.2) is 0 Å². The molecule has 1 aliphatic heterocycles. The van der Waals surface area contributed by atoms with Gasteiger partial charge in [0.05, 0.1) is 11.7 Å². The molecule has 0 saturated carbocycles. The van der Waals surface area contributed by atoms with E-state index in [1.807, 2.05) is 29.2 Å². The van der Waals surface area contributed by atoms with Crippen molar-refractivity contribution in [3.8, 4) is 0 Å². The van der Waals surface area contributed by atoms with Crippen molar-refractivity contribution in [3.05, 3.63) is 36.1 Å². The molecule has 2 unspecified atom stereocenters. The van der Waals surface area contributed by atoms with Crippen molar-refractivity contribution in [1.82, 2.24) is 4.90 Å². The highest BCUT2D eigenvalue weighted by Crippen LogP contribution is 2.26. The molecule has 2 aromatic rings. The van der Waals surface area contributed by atoms with Crippen LogP contribution in [0.5, 0.6) is 0 Å². The van der Waals surface area contributed by atoms with Crippen LogP contribution in [0.1, 0.15) is 23.2 Å². The Labute approximate surface area is 135 Å². The number of nitrogens with zero attached hydrogens (tertiary/aromatic N) is 1. The molecule has 2 N–H and O–H groups in total. The van der Waals surface area contributed by atoms with Gasteiger partial charge in [-0.3, -0.25) is 4.79 Å². The molecule has 22 heavy (non-hydrogen) atoms. The summed E-state index contributed by atoms with van der Waals surface area (Å²) in [4.78, 5) is 14.7. The number of rotatable bonds is 3. The quantitative estimate of drug-likeness (QED) is 0.941. The molecule has 6 heteroatoms. The van der Waals surface area contributed by atoms with Crippen LogP contribution in [0.15, 0.2) is 34.9 Å². The molecule has 1 aliphatic rings. The number of fused-ring (bicyclic) bond motifs is 1. The van der Waals surface area contributed by atoms with Crippen LogP contribution < -0.4 is 5.73 Å². The van der Waals surface area contributed by atoms with E-state index in [0.717, 1.165) is 23.8 Å². The van der Waals surface area contributed by atoms with Crippen LogP contribution in [-0.4, -0.2) is 43.2 Å². The van der Waals surface area contributed by atoms with Gasteiger partial charge in [0, 0.05) is 31.6 Å². The Bertz CT molecular complexity index is 643. The lowest BCUT2D eigenvalue weighted by Crippen LogP contribution is -2.51. The number of benzene rings is 1. The fourth-order valence-electron chi connectivity index (χ4n) is 3.02. The average Bonchev–Trinajstić information content (AvgIpc) is 2.97. The van der Waals surface area contributed by atoms with E-state index >= 15 is 0 Å². The van der Waals surface area contributed by atoms with Gasteiger partial charge in [-0.15, -0.1) is 12.4 Å². The van der Waals surface area contributed by atoms with Gasteiger partial charge in [0.25, 0.3) is 5.91 Å². The molecule has 0 aliphatic carbocycles. The monoisotopic (exact) mass is 324 g/mol. The first-order valence-corrected chi connectivity index (χ1v) is 7.24. The number of hydrogen-bond acceptors (Lipinski definition) is 4. The second-order valence-corrected chi connectivity index (χ2v) is 5.42. The van der Waals surface area contributed by atoms with Crippen LogP contribution in [0.3, 0.4) is 0 Å². The summed E-state index contributed by atoms with van der Waals surface area (Å²) in [6.45, 7) is 1.11. The molecule has 1 aromatic carbocycles. The molecule has 5 nitrogen and oxygen atoms in total. The summed E-state index contributed by atoms with van der Waals surface area (Å²) in [5.74, 6) is -0.00930. The van der Waals surface area contributed by atoms with Crippen LogP contribution in [0.4, 0.5) is 0 Å². The first kappa shape index (κ1) is 16.8. The van der Waals surface area contributed by atoms with Crippen LogP contribution in [-0.2, 0) is 4.74 Å². The fraction of sp³-hybridized carbons (Fsp3) is 0.438. The number of nitrogens with two attached hydrogens (primary N) is 1. The standard InChI is InChI=1S/C16H20N2O3.ClH/c1-20-12-6-7-18(11(8-12)9-17)16(19)14-10-21-15-5-3-2-4-13(14)15;/h2-5,10-12H,6-9,17H2,1H3;1H. The van der Waals surface area contributed by atoms with Gasteiger partial charge < -0.3 is 19.8 Å². The summed E-state index contributed by atoms with van der Waals surface area (Å²) in [5.41, 5.74) is 7.19. The van der Waals surface area contributed by atoms with Crippen molar-refractivity contribution in [2.45, 2.75) is 25.0 Å². The number of piperidine rings is 1. The molecule has 0 radical (unpaired) electrons. The van der Waals surface area contributed by atoms with E-state index in [1.165, 1.54) is 0 Å². The molecule has 1 fully saturated rings. The summed E-state index contributed by atoms with van der Waals surface area (Å²) in [6, 6.07) is 7.60. The molecular formula is C16H21ClN2O3. The second-order valence-electron chi connectivity index (χ2n) is 5.42. The Kier molecular flexibility index (Phi) is 5.45. The van der Waals surface area contributed by atoms with Crippen molar-refractivity contribution in [3.63, 3.8) is 0 Å². The molecule has 1 aromatic heterocycles. The number of furan rings is 1. The lowest BCUT2D eigenvalue weighted by Gasteiger charge is -2.38. The van der Waals surface area contributed by atoms with Crippen molar-refractivity contribution in [2.75, 3.05) is 20.2 Å². The molecular weight excluding hydrogens is 304 g/mol. The number of halogens is 1. The lowest BCUT2D eigenvalue weighted by atomic mass is 9.98. The average molecular weight is 325 g/mol. The third kappa shape index (κ3) is 2.97. The van der Waals surface area contributed by atoms with Gasteiger partial charge in [-0.05, 0) is 18.9 Å². The summed E-state index contributed by atoms with van der Waals surface area (Å²) >= 11 is 0. The smallest absolute Gasteiger partial charge is 0.258 e. The highest BCUT2D eigenvalue weighted by Gasteiger charge is 2.32.